The maximum Gasteiger partial charge on any atom is 0.276 e. The van der Waals surface area contributed by atoms with Crippen molar-refractivity contribution in [2.24, 2.45) is 5.73 Å². The van der Waals surface area contributed by atoms with Crippen LogP contribution in [0.2, 0.25) is 0 Å². The van der Waals surface area contributed by atoms with Crippen molar-refractivity contribution in [1.29, 1.82) is 0 Å². The van der Waals surface area contributed by atoms with Crippen LogP contribution in [0.15, 0.2) is 11.1 Å². The van der Waals surface area contributed by atoms with Gasteiger partial charge in [-0.05, 0) is 13.8 Å². The Morgan fingerprint density at radius 2 is 2.29 bits per heavy atom. The summed E-state index contributed by atoms with van der Waals surface area (Å²) < 4.78 is 0. The fourth-order valence-electron chi connectivity index (χ4n) is 1.47. The Kier molecular flexibility index (Phi) is 4.45. The highest BCUT2D eigenvalue weighted by atomic mass is 32.1. The lowest BCUT2D eigenvalue weighted by Crippen LogP contribution is -2.36. The molecule has 0 aliphatic rings. The predicted octanol–water partition coefficient (Wildman–Crippen LogP) is 0.243. The van der Waals surface area contributed by atoms with Crippen molar-refractivity contribution in [2.45, 2.75) is 26.3 Å². The van der Waals surface area contributed by atoms with Crippen molar-refractivity contribution < 1.29 is 0 Å². The normalized spacial score (nSPS) is 10.5. The second-order valence-corrected chi connectivity index (χ2v) is 4.50. The lowest BCUT2D eigenvalue weighted by molar-refractivity contribution is 0.680. The van der Waals surface area contributed by atoms with Crippen LogP contribution in [-0.2, 0) is 0 Å². The third-order valence-electron chi connectivity index (χ3n) is 2.36. The number of rotatable bonds is 5. The van der Waals surface area contributed by atoms with Crippen molar-refractivity contribution in [3.63, 3.8) is 0 Å². The molecule has 0 unspecified atom stereocenters. The SMILES string of the molecule is CC(C)N(CCC(N)=S)c1nc[nH]c(=O)c1N. The summed E-state index contributed by atoms with van der Waals surface area (Å²) in [5, 5.41) is 0. The van der Waals surface area contributed by atoms with E-state index in [2.05, 4.69) is 9.97 Å². The predicted molar refractivity (Wildman–Crippen MR) is 73.2 cm³/mol. The fourth-order valence-corrected chi connectivity index (χ4v) is 1.56. The number of H-pyrrole nitrogens is 1. The molecule has 0 saturated heterocycles. The van der Waals surface area contributed by atoms with Gasteiger partial charge in [0, 0.05) is 19.0 Å². The number of nitrogens with zero attached hydrogens (tertiary/aromatic N) is 2. The number of hydrogen-bond donors (Lipinski definition) is 3. The van der Waals surface area contributed by atoms with E-state index in [-0.39, 0.29) is 17.3 Å². The molecular formula is C10H17N5OS. The third kappa shape index (κ3) is 3.42. The summed E-state index contributed by atoms with van der Waals surface area (Å²) in [6.07, 6.45) is 1.89. The summed E-state index contributed by atoms with van der Waals surface area (Å²) in [6.45, 7) is 4.57. The van der Waals surface area contributed by atoms with E-state index < -0.39 is 0 Å². The molecule has 0 saturated carbocycles. The molecule has 0 aromatic carbocycles. The third-order valence-corrected chi connectivity index (χ3v) is 2.57. The van der Waals surface area contributed by atoms with Gasteiger partial charge in [0.2, 0.25) is 0 Å². The van der Waals surface area contributed by atoms with E-state index >= 15 is 0 Å². The van der Waals surface area contributed by atoms with Gasteiger partial charge in [0.05, 0.1) is 11.3 Å². The van der Waals surface area contributed by atoms with E-state index in [9.17, 15) is 4.79 Å². The highest BCUT2D eigenvalue weighted by Gasteiger charge is 2.16. The molecule has 1 aromatic rings. The van der Waals surface area contributed by atoms with Gasteiger partial charge in [-0.25, -0.2) is 4.98 Å². The Balaban J connectivity index is 3.01. The van der Waals surface area contributed by atoms with Crippen LogP contribution >= 0.6 is 12.2 Å². The molecule has 0 radical (unpaired) electrons. The number of anilines is 2. The molecule has 1 heterocycles. The molecule has 0 atom stereocenters. The first kappa shape index (κ1) is 13.4. The van der Waals surface area contributed by atoms with Crippen LogP contribution < -0.4 is 21.9 Å². The lowest BCUT2D eigenvalue weighted by atomic mass is 10.2. The minimum absolute atomic E-state index is 0.115. The van der Waals surface area contributed by atoms with Gasteiger partial charge in [0.25, 0.3) is 5.56 Å². The second-order valence-electron chi connectivity index (χ2n) is 3.97. The molecule has 5 N–H and O–H groups in total. The summed E-state index contributed by atoms with van der Waals surface area (Å²) in [5.74, 6) is 0.472. The molecule has 17 heavy (non-hydrogen) atoms. The molecule has 0 spiro atoms. The van der Waals surface area contributed by atoms with E-state index in [4.69, 9.17) is 23.7 Å². The Bertz CT molecular complexity index is 456. The molecule has 0 aliphatic carbocycles. The van der Waals surface area contributed by atoms with Gasteiger partial charge < -0.3 is 21.4 Å². The number of nitrogen functional groups attached to an aromatic ring is 1. The minimum atomic E-state index is -0.337. The van der Waals surface area contributed by atoms with Gasteiger partial charge in [-0.15, -0.1) is 0 Å². The van der Waals surface area contributed by atoms with Crippen LogP contribution in [0.3, 0.4) is 0 Å². The van der Waals surface area contributed by atoms with Crippen molar-refractivity contribution in [2.75, 3.05) is 17.2 Å². The summed E-state index contributed by atoms with van der Waals surface area (Å²) in [7, 11) is 0. The average molecular weight is 255 g/mol. The molecule has 0 amide bonds. The summed E-state index contributed by atoms with van der Waals surface area (Å²) in [5.41, 5.74) is 11.0. The van der Waals surface area contributed by atoms with Crippen LogP contribution in [0, 0.1) is 0 Å². The second kappa shape index (κ2) is 5.62. The average Bonchev–Trinajstić information content (AvgIpc) is 2.23. The van der Waals surface area contributed by atoms with Crippen molar-refractivity contribution in [1.82, 2.24) is 9.97 Å². The number of thiocarbonyl (C=S) groups is 1. The lowest BCUT2D eigenvalue weighted by Gasteiger charge is -2.28. The maximum absolute atomic E-state index is 11.4. The van der Waals surface area contributed by atoms with Crippen molar-refractivity contribution >= 4 is 28.7 Å². The Morgan fingerprint density at radius 3 is 2.82 bits per heavy atom. The van der Waals surface area contributed by atoms with Gasteiger partial charge in [0.15, 0.2) is 5.82 Å². The van der Waals surface area contributed by atoms with Crippen LogP contribution in [0.25, 0.3) is 0 Å². The number of nitrogens with two attached hydrogens (primary N) is 2. The Morgan fingerprint density at radius 1 is 1.65 bits per heavy atom. The van der Waals surface area contributed by atoms with Crippen LogP contribution in [0.1, 0.15) is 20.3 Å². The number of aromatic nitrogens is 2. The topological polar surface area (TPSA) is 101 Å². The Hall–Kier alpha value is -1.63. The van der Waals surface area contributed by atoms with Gasteiger partial charge in [-0.2, -0.15) is 0 Å². The van der Waals surface area contributed by atoms with Gasteiger partial charge in [-0.3, -0.25) is 4.79 Å². The molecular weight excluding hydrogens is 238 g/mol. The largest absolute Gasteiger partial charge is 0.393 e. The fraction of sp³-hybridized carbons (Fsp3) is 0.500. The van der Waals surface area contributed by atoms with Gasteiger partial charge >= 0.3 is 0 Å². The molecule has 0 aliphatic heterocycles. The van der Waals surface area contributed by atoms with Crippen LogP contribution in [0.4, 0.5) is 11.5 Å². The van der Waals surface area contributed by atoms with E-state index in [1.54, 1.807) is 0 Å². The Labute approximate surface area is 105 Å². The summed E-state index contributed by atoms with van der Waals surface area (Å²) >= 11 is 4.84. The van der Waals surface area contributed by atoms with Gasteiger partial charge in [-0.1, -0.05) is 12.2 Å². The van der Waals surface area contributed by atoms with Crippen molar-refractivity contribution in [3.8, 4) is 0 Å². The summed E-state index contributed by atoms with van der Waals surface area (Å²) in [4.78, 5) is 20.3. The molecule has 94 valence electrons. The molecule has 0 fully saturated rings. The summed E-state index contributed by atoms with van der Waals surface area (Å²) in [6, 6.07) is 0.154. The van der Waals surface area contributed by atoms with E-state index in [1.807, 2.05) is 18.7 Å². The zero-order valence-electron chi connectivity index (χ0n) is 9.93. The monoisotopic (exact) mass is 255 g/mol. The number of aromatic amines is 1. The molecule has 0 bridgehead atoms. The zero-order valence-corrected chi connectivity index (χ0v) is 10.8. The molecule has 6 nitrogen and oxygen atoms in total. The van der Waals surface area contributed by atoms with Crippen LogP contribution in [-0.4, -0.2) is 27.5 Å². The molecule has 1 rings (SSSR count). The van der Waals surface area contributed by atoms with E-state index in [0.717, 1.165) is 0 Å². The smallest absolute Gasteiger partial charge is 0.276 e. The van der Waals surface area contributed by atoms with Gasteiger partial charge in [0.1, 0.15) is 5.69 Å². The quantitative estimate of drug-likeness (QED) is 0.652. The standard InChI is InChI=1S/C10H17N5OS/c1-6(2)15(4-3-7(11)17)9-8(12)10(16)14-5-13-9/h5-6H,3-4,12H2,1-2H3,(H2,11,17)(H,13,14,16). The highest BCUT2D eigenvalue weighted by molar-refractivity contribution is 7.80. The highest BCUT2D eigenvalue weighted by Crippen LogP contribution is 2.18. The maximum atomic E-state index is 11.4. The first-order chi connectivity index (χ1) is 7.93. The first-order valence-corrected chi connectivity index (χ1v) is 5.72. The number of nitrogens with one attached hydrogen (secondary N) is 1. The zero-order chi connectivity index (χ0) is 13.0. The first-order valence-electron chi connectivity index (χ1n) is 5.31. The van der Waals surface area contributed by atoms with E-state index in [0.29, 0.717) is 23.8 Å². The minimum Gasteiger partial charge on any atom is -0.393 e. The number of hydrogen-bond acceptors (Lipinski definition) is 5. The molecule has 1 aromatic heterocycles. The molecule has 7 heteroatoms. The van der Waals surface area contributed by atoms with E-state index in [1.165, 1.54) is 6.33 Å². The van der Waals surface area contributed by atoms with Crippen LogP contribution in [0.5, 0.6) is 0 Å². The van der Waals surface area contributed by atoms with Crippen molar-refractivity contribution in [3.05, 3.63) is 16.7 Å².